The number of allylic oxidation sites excluding steroid dienone is 2. The van der Waals surface area contributed by atoms with Crippen LogP contribution in [-0.4, -0.2) is 6.79 Å². The molecule has 0 saturated carbocycles. The summed E-state index contributed by atoms with van der Waals surface area (Å²) in [7, 11) is 0. The molecule has 424 valence electrons. The summed E-state index contributed by atoms with van der Waals surface area (Å²) < 4.78 is 110. The van der Waals surface area contributed by atoms with Crippen LogP contribution in [-0.2, 0) is 56.3 Å². The highest BCUT2D eigenvalue weighted by Gasteiger charge is 2.15. The van der Waals surface area contributed by atoms with Crippen molar-refractivity contribution in [3.05, 3.63) is 254 Å². The Bertz CT molecular complexity index is 2570. The van der Waals surface area contributed by atoms with Crippen molar-refractivity contribution in [1.29, 1.82) is 0 Å². The van der Waals surface area contributed by atoms with Crippen LogP contribution >= 0.6 is 0 Å². The van der Waals surface area contributed by atoms with Gasteiger partial charge in [-0.25, -0.2) is 35.1 Å². The van der Waals surface area contributed by atoms with E-state index in [1.807, 2.05) is 60.6 Å². The van der Waals surface area contributed by atoms with E-state index in [0.29, 0.717) is 24.3 Å². The normalized spacial score (nSPS) is 10.2. The molecule has 1 aliphatic rings. The lowest BCUT2D eigenvalue weighted by Gasteiger charge is -2.20. The van der Waals surface area contributed by atoms with Gasteiger partial charge in [0.15, 0.2) is 18.4 Å². The van der Waals surface area contributed by atoms with Gasteiger partial charge in [0.2, 0.25) is 0 Å². The van der Waals surface area contributed by atoms with Crippen LogP contribution in [0.1, 0.15) is 141 Å². The standard InChI is InChI=1S/C10H11FO2.C9H12.2C8H8F2.3C8H9F.C5H10.3CH4/c1-2-7-3-8(11)4-10-9(7)5-12-6-13-10;1-3-9-6-4-5-8(2)7-9;1-2-6-3-4-7(9)5-8(6)10;1-2-6-3-4-7(9)8(10)5-6;1-2-7-3-5-8(9)6-4-7;1-2-7-4-3-5-8(9)6-7;1-2-7-5-3-4-6-8(7)9;1-3-5-4-2;;;/h3-4H,2,5-6H2,1H3;4-7H,3H2,1-2H3;2*3-5H,2H2,1H3;3*3-6H,2H2,1H3;3,5H,4H2,1-2H3;3*1H4. The first-order chi connectivity index (χ1) is 35.5. The predicted octanol–water partition coefficient (Wildman–Crippen LogP) is 20.9. The summed E-state index contributed by atoms with van der Waals surface area (Å²) in [5.74, 6) is -2.53. The molecule has 0 fully saturated rings. The van der Waals surface area contributed by atoms with Crippen LogP contribution in [0.4, 0.5) is 35.1 Å². The Hall–Kier alpha value is -6.52. The largest absolute Gasteiger partial charge is 0.467 e. The molecular weight excluding hydrogens is 989 g/mol. The van der Waals surface area contributed by atoms with Crippen molar-refractivity contribution in [2.45, 2.75) is 149 Å². The molecule has 0 atom stereocenters. The molecule has 0 unspecified atom stereocenters. The third-order valence-corrected chi connectivity index (χ3v) is 10.9. The molecule has 0 saturated heterocycles. The van der Waals surface area contributed by atoms with Crippen LogP contribution in [0.15, 0.2) is 158 Å². The third kappa shape index (κ3) is 32.0. The van der Waals surface area contributed by atoms with Gasteiger partial charge in [0.25, 0.3) is 0 Å². The van der Waals surface area contributed by atoms with E-state index in [0.717, 1.165) is 84.9 Å². The van der Waals surface area contributed by atoms with Crippen LogP contribution in [0, 0.1) is 53.5 Å². The van der Waals surface area contributed by atoms with Gasteiger partial charge in [-0.3, -0.25) is 0 Å². The number of hydrogen-bond donors (Lipinski definition) is 0. The highest BCUT2D eigenvalue weighted by atomic mass is 19.2. The maximum Gasteiger partial charge on any atom is 0.189 e. The molecule has 0 radical (unpaired) electrons. The Labute approximate surface area is 459 Å². The molecule has 10 heteroatoms. The van der Waals surface area contributed by atoms with Crippen LogP contribution in [0.5, 0.6) is 5.75 Å². The average molecular weight is 1080 g/mol. The molecule has 7 aromatic rings. The third-order valence-electron chi connectivity index (χ3n) is 10.9. The Balaban J connectivity index is -0.000000816. The quantitative estimate of drug-likeness (QED) is 0.112. The van der Waals surface area contributed by atoms with Crippen molar-refractivity contribution in [3.63, 3.8) is 0 Å². The number of fused-ring (bicyclic) bond motifs is 1. The van der Waals surface area contributed by atoms with E-state index in [9.17, 15) is 35.1 Å². The van der Waals surface area contributed by atoms with Crippen molar-refractivity contribution >= 4 is 0 Å². The second-order valence-electron chi connectivity index (χ2n) is 16.4. The molecule has 0 spiro atoms. The minimum atomic E-state index is -0.780. The molecule has 1 heterocycles. The highest BCUT2D eigenvalue weighted by molar-refractivity contribution is 5.41. The van der Waals surface area contributed by atoms with Crippen LogP contribution < -0.4 is 4.74 Å². The SMILES string of the molecule is C.C.C.CC=CCC.CCc1cc(F)cc2c1COCO2.CCc1ccc(F)c(F)c1.CCc1ccc(F)cc1.CCc1ccc(F)cc1F.CCc1cccc(C)c1.CCc1cccc(F)c1.CCc1ccccc1F. The lowest BCUT2D eigenvalue weighted by atomic mass is 10.0. The monoisotopic (exact) mass is 1080 g/mol. The molecule has 0 bridgehead atoms. The van der Waals surface area contributed by atoms with E-state index in [1.54, 1.807) is 42.5 Å². The first-order valence-electron chi connectivity index (χ1n) is 25.3. The number of halogens is 8. The zero-order valence-electron chi connectivity index (χ0n) is 44.9. The lowest BCUT2D eigenvalue weighted by Crippen LogP contribution is -2.13. The maximum absolute atomic E-state index is 13.0. The fourth-order valence-corrected chi connectivity index (χ4v) is 6.52. The summed E-state index contributed by atoms with van der Waals surface area (Å²) in [6.07, 6.45) is 11.3. The fourth-order valence-electron chi connectivity index (χ4n) is 6.52. The molecule has 1 aliphatic heterocycles. The smallest absolute Gasteiger partial charge is 0.189 e. The van der Waals surface area contributed by atoms with Gasteiger partial charge in [-0.1, -0.05) is 174 Å². The average Bonchev–Trinajstić information content (AvgIpc) is 3.41. The van der Waals surface area contributed by atoms with E-state index in [1.165, 1.54) is 71.3 Å². The predicted molar refractivity (Wildman–Crippen MR) is 311 cm³/mol. The molecule has 0 aromatic heterocycles. The highest BCUT2D eigenvalue weighted by Crippen LogP contribution is 2.28. The molecule has 7 aromatic carbocycles. The topological polar surface area (TPSA) is 18.5 Å². The van der Waals surface area contributed by atoms with E-state index in [-0.39, 0.29) is 52.3 Å². The van der Waals surface area contributed by atoms with Gasteiger partial charge >= 0.3 is 0 Å². The van der Waals surface area contributed by atoms with E-state index < -0.39 is 23.3 Å². The molecular formula is C67H88F8O2. The molecule has 0 aliphatic carbocycles. The van der Waals surface area contributed by atoms with Crippen molar-refractivity contribution in [3.8, 4) is 5.75 Å². The van der Waals surface area contributed by atoms with Crippen molar-refractivity contribution in [2.24, 2.45) is 0 Å². The number of benzene rings is 7. The number of hydrogen-bond acceptors (Lipinski definition) is 2. The van der Waals surface area contributed by atoms with Crippen molar-refractivity contribution < 1.29 is 44.6 Å². The summed E-state index contributed by atoms with van der Waals surface area (Å²) in [5, 5.41) is 0. The Morgan fingerprint density at radius 2 is 0.922 bits per heavy atom. The first kappa shape index (κ1) is 74.7. The van der Waals surface area contributed by atoms with E-state index >= 15 is 0 Å². The number of rotatable bonds is 8. The van der Waals surface area contributed by atoms with Gasteiger partial charge < -0.3 is 9.47 Å². The van der Waals surface area contributed by atoms with Crippen molar-refractivity contribution in [2.75, 3.05) is 6.79 Å². The molecule has 2 nitrogen and oxygen atoms in total. The Morgan fingerprint density at radius 3 is 1.38 bits per heavy atom. The van der Waals surface area contributed by atoms with Crippen LogP contribution in [0.2, 0.25) is 0 Å². The summed E-state index contributed by atoms with van der Waals surface area (Å²) in [6, 6.07) is 39.2. The number of aryl methyl sites for hydroxylation is 8. The van der Waals surface area contributed by atoms with Crippen LogP contribution in [0.3, 0.4) is 0 Å². The zero-order chi connectivity index (χ0) is 55.3. The first-order valence-corrected chi connectivity index (χ1v) is 25.3. The Kier molecular flexibility index (Phi) is 43.3. The van der Waals surface area contributed by atoms with Gasteiger partial charge in [-0.05, 0) is 159 Å². The van der Waals surface area contributed by atoms with Crippen LogP contribution in [0.25, 0.3) is 0 Å². The second-order valence-corrected chi connectivity index (χ2v) is 16.4. The van der Waals surface area contributed by atoms with E-state index in [4.69, 9.17) is 9.47 Å². The minimum absolute atomic E-state index is 0. The number of ether oxygens (including phenoxy) is 2. The lowest BCUT2D eigenvalue weighted by molar-refractivity contribution is -0.0170. The van der Waals surface area contributed by atoms with Crippen molar-refractivity contribution in [1.82, 2.24) is 0 Å². The van der Waals surface area contributed by atoms with E-state index in [2.05, 4.69) is 57.2 Å². The molecule has 8 rings (SSSR count). The summed E-state index contributed by atoms with van der Waals surface area (Å²) >= 11 is 0. The summed E-state index contributed by atoms with van der Waals surface area (Å²) in [5.41, 5.74) is 9.12. The summed E-state index contributed by atoms with van der Waals surface area (Å²) in [4.78, 5) is 0. The molecule has 77 heavy (non-hydrogen) atoms. The maximum atomic E-state index is 13.0. The summed E-state index contributed by atoms with van der Waals surface area (Å²) in [6.45, 7) is 20.9. The minimum Gasteiger partial charge on any atom is -0.467 e. The van der Waals surface area contributed by atoms with Gasteiger partial charge in [0.1, 0.15) is 40.7 Å². The van der Waals surface area contributed by atoms with Gasteiger partial charge in [-0.15, -0.1) is 0 Å². The molecule has 0 N–H and O–H groups in total. The molecule has 0 amide bonds. The Morgan fingerprint density at radius 1 is 0.403 bits per heavy atom. The zero-order valence-corrected chi connectivity index (χ0v) is 44.9. The second kappa shape index (κ2) is 44.6. The fraction of sp³-hybridized carbons (Fsp3) is 0.343. The van der Waals surface area contributed by atoms with Gasteiger partial charge in [0.05, 0.1) is 6.61 Å². The van der Waals surface area contributed by atoms with Gasteiger partial charge in [0, 0.05) is 17.7 Å². The van der Waals surface area contributed by atoms with Gasteiger partial charge in [-0.2, -0.15) is 0 Å².